The number of carbonyl (C=O) groups is 2. The first kappa shape index (κ1) is 25.2. The second kappa shape index (κ2) is 10.5. The highest BCUT2D eigenvalue weighted by molar-refractivity contribution is 5.94. The summed E-state index contributed by atoms with van der Waals surface area (Å²) in [7, 11) is 1.97. The molecule has 3 aromatic heterocycles. The van der Waals surface area contributed by atoms with Crippen molar-refractivity contribution >= 4 is 39.4 Å². The Labute approximate surface area is 219 Å². The molecule has 1 unspecified atom stereocenters. The summed E-state index contributed by atoms with van der Waals surface area (Å²) in [6, 6.07) is 13.6. The Morgan fingerprint density at radius 1 is 1.13 bits per heavy atom. The van der Waals surface area contributed by atoms with Crippen LogP contribution in [0.15, 0.2) is 61.2 Å². The molecule has 3 heterocycles. The predicted molar refractivity (Wildman–Crippen MR) is 146 cm³/mol. The van der Waals surface area contributed by atoms with Gasteiger partial charge in [-0.3, -0.25) is 9.59 Å². The number of aliphatic hydroxyl groups is 1. The van der Waals surface area contributed by atoms with Crippen molar-refractivity contribution in [3.63, 3.8) is 0 Å². The Bertz CT molecular complexity index is 1630. The highest BCUT2D eigenvalue weighted by Gasteiger charge is 2.15. The fourth-order valence-electron chi connectivity index (χ4n) is 4.89. The first-order valence-electron chi connectivity index (χ1n) is 12.6. The van der Waals surface area contributed by atoms with E-state index in [-0.39, 0.29) is 24.2 Å². The van der Waals surface area contributed by atoms with Gasteiger partial charge in [-0.15, -0.1) is 0 Å². The Kier molecular flexibility index (Phi) is 6.97. The number of aromatic nitrogens is 5. The molecule has 5 rings (SSSR count). The molecule has 1 atom stereocenters. The van der Waals surface area contributed by atoms with E-state index in [1.165, 1.54) is 6.33 Å². The molecule has 2 amide bonds. The lowest BCUT2D eigenvalue weighted by Crippen LogP contribution is -2.15. The van der Waals surface area contributed by atoms with Gasteiger partial charge >= 0.3 is 0 Å². The number of fused-ring (bicyclic) bond motifs is 2. The molecule has 0 saturated carbocycles. The zero-order chi connectivity index (χ0) is 26.8. The molecule has 38 heavy (non-hydrogen) atoms. The lowest BCUT2D eigenvalue weighted by molar-refractivity contribution is -0.116. The van der Waals surface area contributed by atoms with E-state index in [4.69, 9.17) is 5.73 Å². The fourth-order valence-corrected chi connectivity index (χ4v) is 4.89. The summed E-state index contributed by atoms with van der Waals surface area (Å²) in [5.74, 6) is 0.202. The van der Waals surface area contributed by atoms with E-state index in [9.17, 15) is 14.7 Å². The summed E-state index contributed by atoms with van der Waals surface area (Å²) in [5.41, 5.74) is 10.3. The molecular weight excluding hydrogens is 482 g/mol. The highest BCUT2D eigenvalue weighted by Crippen LogP contribution is 2.26. The third-order valence-electron chi connectivity index (χ3n) is 7.01. The van der Waals surface area contributed by atoms with E-state index >= 15 is 0 Å². The maximum atomic E-state index is 12.8. The summed E-state index contributed by atoms with van der Waals surface area (Å²) >= 11 is 0. The number of anilines is 1. The van der Waals surface area contributed by atoms with E-state index in [2.05, 4.69) is 26.0 Å². The maximum Gasteiger partial charge on any atom is 0.268 e. The molecular formula is C28H31N7O3. The third-order valence-corrected chi connectivity index (χ3v) is 7.01. The largest absolute Gasteiger partial charge is 0.394 e. The van der Waals surface area contributed by atoms with Crippen LogP contribution in [0.3, 0.4) is 0 Å². The van der Waals surface area contributed by atoms with Crippen molar-refractivity contribution in [2.45, 2.75) is 38.8 Å². The number of nitrogens with zero attached hydrogens (tertiary/aromatic N) is 5. The number of nitrogens with one attached hydrogen (secondary N) is 1. The number of primary amides is 1. The smallest absolute Gasteiger partial charge is 0.268 e. The standard InChI is InChI=1S/C28H31N7O3/c1-18-14-34(12-11-20(16-36)35-15-23(28(29)38)30-17-35)25-13-19(7-8-21(18)25)31-27(37)10-9-26-32-22-5-3-4-6-24(22)33(26)2/h3-8,13-15,17,20,36H,9-12,16H2,1-2H3,(H2,29,38)(H,31,37). The quantitative estimate of drug-likeness (QED) is 0.263. The lowest BCUT2D eigenvalue weighted by atomic mass is 10.1. The average Bonchev–Trinajstić information content (AvgIpc) is 3.60. The Morgan fingerprint density at radius 2 is 1.95 bits per heavy atom. The minimum Gasteiger partial charge on any atom is -0.394 e. The van der Waals surface area contributed by atoms with Gasteiger partial charge in [-0.2, -0.15) is 0 Å². The van der Waals surface area contributed by atoms with Crippen molar-refractivity contribution in [1.29, 1.82) is 0 Å². The molecule has 196 valence electrons. The van der Waals surface area contributed by atoms with Crippen molar-refractivity contribution in [3.8, 4) is 0 Å². The number of aryl methyl sites for hydroxylation is 4. The van der Waals surface area contributed by atoms with E-state index in [1.54, 1.807) is 10.8 Å². The maximum absolute atomic E-state index is 12.8. The van der Waals surface area contributed by atoms with Crippen molar-refractivity contribution < 1.29 is 14.7 Å². The topological polar surface area (TPSA) is 133 Å². The highest BCUT2D eigenvalue weighted by atomic mass is 16.3. The van der Waals surface area contributed by atoms with Gasteiger partial charge in [-0.1, -0.05) is 18.2 Å². The van der Waals surface area contributed by atoms with Crippen LogP contribution >= 0.6 is 0 Å². The normalized spacial score (nSPS) is 12.3. The molecule has 0 spiro atoms. The molecule has 0 aliphatic heterocycles. The first-order valence-corrected chi connectivity index (χ1v) is 12.6. The third kappa shape index (κ3) is 5.03. The summed E-state index contributed by atoms with van der Waals surface area (Å²) in [4.78, 5) is 32.8. The zero-order valence-electron chi connectivity index (χ0n) is 21.5. The van der Waals surface area contributed by atoms with Crippen LogP contribution in [0.2, 0.25) is 0 Å². The van der Waals surface area contributed by atoms with Gasteiger partial charge in [0.1, 0.15) is 11.5 Å². The summed E-state index contributed by atoms with van der Waals surface area (Å²) in [5, 5.41) is 14.1. The molecule has 0 bridgehead atoms. The number of nitrogens with two attached hydrogens (primary N) is 1. The van der Waals surface area contributed by atoms with Gasteiger partial charge < -0.3 is 29.9 Å². The lowest BCUT2D eigenvalue weighted by Gasteiger charge is -2.16. The van der Waals surface area contributed by atoms with Crippen molar-refractivity contribution in [2.75, 3.05) is 11.9 Å². The van der Waals surface area contributed by atoms with Crippen LogP contribution in [0.1, 0.15) is 40.8 Å². The van der Waals surface area contributed by atoms with Crippen LogP contribution in [-0.4, -0.2) is 47.2 Å². The van der Waals surface area contributed by atoms with Gasteiger partial charge in [0.2, 0.25) is 5.91 Å². The second-order valence-corrected chi connectivity index (χ2v) is 9.56. The van der Waals surface area contributed by atoms with Gasteiger partial charge in [0.15, 0.2) is 0 Å². The van der Waals surface area contributed by atoms with E-state index in [0.717, 1.165) is 39.0 Å². The van der Waals surface area contributed by atoms with Crippen molar-refractivity contribution in [2.24, 2.45) is 12.8 Å². The second-order valence-electron chi connectivity index (χ2n) is 9.56. The molecule has 10 heteroatoms. The van der Waals surface area contributed by atoms with Gasteiger partial charge in [-0.25, -0.2) is 9.97 Å². The number of hydrogen-bond acceptors (Lipinski definition) is 5. The Balaban J connectivity index is 1.26. The van der Waals surface area contributed by atoms with Gasteiger partial charge in [0.25, 0.3) is 5.91 Å². The number of benzene rings is 2. The molecule has 2 aromatic carbocycles. The predicted octanol–water partition coefficient (Wildman–Crippen LogP) is 3.33. The van der Waals surface area contributed by atoms with Crippen molar-refractivity contribution in [3.05, 3.63) is 78.3 Å². The number of carbonyl (C=O) groups excluding carboxylic acids is 2. The Morgan fingerprint density at radius 3 is 2.68 bits per heavy atom. The monoisotopic (exact) mass is 513 g/mol. The van der Waals surface area contributed by atoms with Crippen molar-refractivity contribution in [1.82, 2.24) is 23.7 Å². The average molecular weight is 514 g/mol. The minimum absolute atomic E-state index is 0.0723. The van der Waals surface area contributed by atoms with Crippen LogP contribution in [-0.2, 0) is 24.8 Å². The van der Waals surface area contributed by atoms with Crippen LogP contribution in [0, 0.1) is 6.92 Å². The molecule has 0 saturated heterocycles. The molecule has 5 aromatic rings. The van der Waals surface area contributed by atoms with Crippen LogP contribution in [0.4, 0.5) is 5.69 Å². The van der Waals surface area contributed by atoms with Gasteiger partial charge in [0, 0.05) is 49.9 Å². The number of amides is 2. The SMILES string of the molecule is Cc1cn(CCC(CO)n2cnc(C(N)=O)c2)c2cc(NC(=O)CCc3nc4ccccc4n3C)ccc12. The number of para-hydroxylation sites is 2. The first-order chi connectivity index (χ1) is 18.3. The van der Waals surface area contributed by atoms with E-state index < -0.39 is 5.91 Å². The Hall–Kier alpha value is -4.44. The molecule has 0 fully saturated rings. The fraction of sp³-hybridized carbons (Fsp3) is 0.286. The van der Waals surface area contributed by atoms with Crippen LogP contribution in [0.25, 0.3) is 21.9 Å². The summed E-state index contributed by atoms with van der Waals surface area (Å²) in [6.45, 7) is 2.58. The van der Waals surface area contributed by atoms with Crippen LogP contribution < -0.4 is 11.1 Å². The van der Waals surface area contributed by atoms with Crippen LogP contribution in [0.5, 0.6) is 0 Å². The van der Waals surface area contributed by atoms with E-state index in [0.29, 0.717) is 25.8 Å². The van der Waals surface area contributed by atoms with E-state index in [1.807, 2.05) is 61.0 Å². The number of imidazole rings is 2. The molecule has 0 aliphatic rings. The number of aliphatic hydroxyl groups excluding tert-OH is 1. The molecule has 4 N–H and O–H groups in total. The summed E-state index contributed by atoms with van der Waals surface area (Å²) in [6.07, 6.45) is 6.63. The molecule has 0 radical (unpaired) electrons. The molecule has 10 nitrogen and oxygen atoms in total. The zero-order valence-corrected chi connectivity index (χ0v) is 21.5. The van der Waals surface area contributed by atoms with Gasteiger partial charge in [0.05, 0.1) is 35.5 Å². The minimum atomic E-state index is -0.601. The van der Waals surface area contributed by atoms with Gasteiger partial charge in [-0.05, 0) is 43.2 Å². The molecule has 0 aliphatic carbocycles. The number of hydrogen-bond donors (Lipinski definition) is 3. The summed E-state index contributed by atoms with van der Waals surface area (Å²) < 4.78 is 5.87. The number of rotatable bonds is 10.